The highest BCUT2D eigenvalue weighted by Gasteiger charge is 2.22. The number of carbonyl (C=O) groups excluding carboxylic acids is 2. The van der Waals surface area contributed by atoms with Gasteiger partial charge in [-0.2, -0.15) is 0 Å². The van der Waals surface area contributed by atoms with Gasteiger partial charge in [-0.3, -0.25) is 9.59 Å². The Morgan fingerprint density at radius 1 is 1.11 bits per heavy atom. The second-order valence-electron chi connectivity index (χ2n) is 6.25. The number of anilines is 1. The molecule has 0 aliphatic carbocycles. The Hall–Kier alpha value is -2.57. The van der Waals surface area contributed by atoms with Gasteiger partial charge >= 0.3 is 0 Å². The lowest BCUT2D eigenvalue weighted by atomic mass is 10.1. The van der Waals surface area contributed by atoms with Crippen LogP contribution in [0, 0.1) is 0 Å². The number of para-hydroxylation sites is 1. The van der Waals surface area contributed by atoms with E-state index in [-0.39, 0.29) is 17.5 Å². The van der Waals surface area contributed by atoms with E-state index in [1.807, 2.05) is 42.5 Å². The zero-order chi connectivity index (χ0) is 19.4. The number of aliphatic hydroxyl groups is 1. The minimum atomic E-state index is -0.644. The van der Waals surface area contributed by atoms with Crippen LogP contribution in [0.5, 0.6) is 0 Å². The van der Waals surface area contributed by atoms with Gasteiger partial charge in [0.2, 0.25) is 5.91 Å². The van der Waals surface area contributed by atoms with Crippen molar-refractivity contribution in [3.05, 3.63) is 65.9 Å². The molecule has 0 radical (unpaired) electrons. The quantitative estimate of drug-likeness (QED) is 0.590. The van der Waals surface area contributed by atoms with Crippen molar-refractivity contribution in [3.63, 3.8) is 0 Å². The summed E-state index contributed by atoms with van der Waals surface area (Å²) >= 11 is 1.35. The molecule has 2 unspecified atom stereocenters. The molecule has 1 aromatic heterocycles. The summed E-state index contributed by atoms with van der Waals surface area (Å²) in [6, 6.07) is 16.5. The lowest BCUT2D eigenvalue weighted by molar-refractivity contribution is -0.115. The molecule has 3 rings (SSSR count). The van der Waals surface area contributed by atoms with E-state index in [9.17, 15) is 14.7 Å². The fraction of sp³-hybridized carbons (Fsp3) is 0.238. The van der Waals surface area contributed by atoms with Crippen LogP contribution in [0.1, 0.15) is 36.1 Å². The Labute approximate surface area is 161 Å². The number of aliphatic hydroxyl groups excluding tert-OH is 1. The van der Waals surface area contributed by atoms with Crippen LogP contribution in [0.4, 0.5) is 5.69 Å². The summed E-state index contributed by atoms with van der Waals surface area (Å²) < 4.78 is 5.59. The third-order valence-corrected chi connectivity index (χ3v) is 5.44. The molecule has 2 atom stereocenters. The molecule has 0 aliphatic rings. The van der Waals surface area contributed by atoms with Crippen molar-refractivity contribution >= 4 is 40.1 Å². The number of nitrogens with one attached hydrogen (secondary N) is 1. The molecule has 2 aromatic carbocycles. The summed E-state index contributed by atoms with van der Waals surface area (Å²) in [5.74, 6) is 0.0475. The largest absolute Gasteiger partial charge is 0.451 e. The van der Waals surface area contributed by atoms with Crippen LogP contribution in [0.3, 0.4) is 0 Å². The van der Waals surface area contributed by atoms with E-state index >= 15 is 0 Å². The number of thioether (sulfide) groups is 1. The second-order valence-corrected chi connectivity index (χ2v) is 7.62. The van der Waals surface area contributed by atoms with E-state index in [1.54, 1.807) is 19.1 Å². The summed E-state index contributed by atoms with van der Waals surface area (Å²) in [4.78, 5) is 24.5. The lowest BCUT2D eigenvalue weighted by Crippen LogP contribution is -2.24. The molecule has 27 heavy (non-hydrogen) atoms. The molecule has 1 heterocycles. The Balaban J connectivity index is 1.69. The molecule has 6 heteroatoms. The molecule has 0 saturated carbocycles. The minimum Gasteiger partial charge on any atom is -0.451 e. The number of rotatable bonds is 7. The van der Waals surface area contributed by atoms with Crippen LogP contribution in [0.2, 0.25) is 0 Å². The van der Waals surface area contributed by atoms with E-state index in [1.165, 1.54) is 18.7 Å². The Kier molecular flexibility index (Phi) is 5.98. The van der Waals surface area contributed by atoms with Gasteiger partial charge in [-0.25, -0.2) is 0 Å². The van der Waals surface area contributed by atoms with E-state index in [4.69, 9.17) is 4.42 Å². The number of ketones is 1. The molecular weight excluding hydrogens is 362 g/mol. The fourth-order valence-corrected chi connectivity index (χ4v) is 3.60. The minimum absolute atomic E-state index is 0.145. The molecule has 0 aliphatic heterocycles. The van der Waals surface area contributed by atoms with Crippen molar-refractivity contribution in [1.29, 1.82) is 0 Å². The van der Waals surface area contributed by atoms with Crippen LogP contribution < -0.4 is 5.32 Å². The molecule has 0 bridgehead atoms. The van der Waals surface area contributed by atoms with E-state index in [0.717, 1.165) is 5.56 Å². The normalized spacial score (nSPS) is 13.3. The predicted molar refractivity (Wildman–Crippen MR) is 108 cm³/mol. The molecule has 0 fully saturated rings. The zero-order valence-corrected chi connectivity index (χ0v) is 16.0. The fourth-order valence-electron chi connectivity index (χ4n) is 2.72. The summed E-state index contributed by atoms with van der Waals surface area (Å²) in [7, 11) is 0. The summed E-state index contributed by atoms with van der Waals surface area (Å²) in [5, 5.41) is 13.4. The number of hydrogen-bond donors (Lipinski definition) is 2. The highest BCUT2D eigenvalue weighted by Crippen LogP contribution is 2.32. The van der Waals surface area contributed by atoms with Crippen molar-refractivity contribution in [1.82, 2.24) is 0 Å². The van der Waals surface area contributed by atoms with Crippen LogP contribution in [-0.2, 0) is 4.79 Å². The first-order valence-corrected chi connectivity index (χ1v) is 9.70. The summed E-state index contributed by atoms with van der Waals surface area (Å²) in [5.41, 5.74) is 1.77. The third kappa shape index (κ3) is 4.40. The average molecular weight is 383 g/mol. The molecule has 1 amide bonds. The van der Waals surface area contributed by atoms with Gasteiger partial charge in [0, 0.05) is 18.1 Å². The highest BCUT2D eigenvalue weighted by atomic mass is 32.2. The maximum atomic E-state index is 12.6. The first-order chi connectivity index (χ1) is 13.0. The number of benzene rings is 2. The highest BCUT2D eigenvalue weighted by molar-refractivity contribution is 8.00. The molecule has 0 spiro atoms. The molecule has 5 nitrogen and oxygen atoms in total. The smallest absolute Gasteiger partial charge is 0.237 e. The summed E-state index contributed by atoms with van der Waals surface area (Å²) in [6.45, 7) is 3.18. The van der Waals surface area contributed by atoms with Gasteiger partial charge in [0.25, 0.3) is 0 Å². The topological polar surface area (TPSA) is 79.5 Å². The number of Topliss-reactive ketones (excluding diaryl/α,β-unsaturated/α-hetero) is 1. The van der Waals surface area contributed by atoms with Crippen molar-refractivity contribution in [2.75, 3.05) is 11.1 Å². The van der Waals surface area contributed by atoms with Crippen molar-refractivity contribution in [2.24, 2.45) is 0 Å². The maximum Gasteiger partial charge on any atom is 0.237 e. The van der Waals surface area contributed by atoms with Crippen LogP contribution in [0.15, 0.2) is 59.0 Å². The van der Waals surface area contributed by atoms with Gasteiger partial charge in [0.05, 0.1) is 17.0 Å². The van der Waals surface area contributed by atoms with Gasteiger partial charge < -0.3 is 14.8 Å². The van der Waals surface area contributed by atoms with Crippen LogP contribution >= 0.6 is 11.8 Å². The molecular formula is C21H21NO4S. The van der Waals surface area contributed by atoms with Gasteiger partial charge in [0.15, 0.2) is 11.5 Å². The maximum absolute atomic E-state index is 12.6. The molecule has 3 aromatic rings. The number of hydrogen-bond acceptors (Lipinski definition) is 5. The first kappa shape index (κ1) is 19.2. The number of fused-ring (bicyclic) bond motifs is 1. The van der Waals surface area contributed by atoms with Crippen LogP contribution in [0.25, 0.3) is 11.0 Å². The van der Waals surface area contributed by atoms with Gasteiger partial charge in [-0.15, -0.1) is 11.8 Å². The zero-order valence-electron chi connectivity index (χ0n) is 15.1. The van der Waals surface area contributed by atoms with Crippen molar-refractivity contribution in [2.45, 2.75) is 25.2 Å². The average Bonchev–Trinajstić information content (AvgIpc) is 3.05. The number of furan rings is 1. The van der Waals surface area contributed by atoms with Crippen molar-refractivity contribution < 1.29 is 19.1 Å². The van der Waals surface area contributed by atoms with E-state index in [2.05, 4.69) is 5.32 Å². The van der Waals surface area contributed by atoms with E-state index < -0.39 is 11.4 Å². The predicted octanol–water partition coefficient (Wildman–Crippen LogP) is 4.43. The SMILES string of the molecule is CC(=O)c1oc2ccccc2c1NC(=O)C(C)SCC(O)c1ccccc1. The van der Waals surface area contributed by atoms with Crippen LogP contribution in [-0.4, -0.2) is 27.8 Å². The lowest BCUT2D eigenvalue weighted by Gasteiger charge is -2.15. The third-order valence-electron chi connectivity index (χ3n) is 4.22. The van der Waals surface area contributed by atoms with E-state index in [0.29, 0.717) is 22.4 Å². The summed E-state index contributed by atoms with van der Waals surface area (Å²) in [6.07, 6.45) is -0.644. The van der Waals surface area contributed by atoms with Crippen molar-refractivity contribution in [3.8, 4) is 0 Å². The number of carbonyl (C=O) groups is 2. The molecule has 0 saturated heterocycles. The van der Waals surface area contributed by atoms with Gasteiger partial charge in [-0.1, -0.05) is 42.5 Å². The van der Waals surface area contributed by atoms with Gasteiger partial charge in [-0.05, 0) is 24.6 Å². The Bertz CT molecular complexity index is 951. The standard InChI is InChI=1S/C21H21NO4S/c1-13(23)20-19(16-10-6-7-11-18(16)26-20)22-21(25)14(2)27-12-17(24)15-8-4-3-5-9-15/h3-11,14,17,24H,12H2,1-2H3,(H,22,25). The first-order valence-electron chi connectivity index (χ1n) is 8.65. The molecule has 140 valence electrons. The second kappa shape index (κ2) is 8.41. The monoisotopic (exact) mass is 383 g/mol. The Morgan fingerprint density at radius 2 is 1.78 bits per heavy atom. The molecule has 2 N–H and O–H groups in total. The van der Waals surface area contributed by atoms with Gasteiger partial charge in [0.1, 0.15) is 5.58 Å². The Morgan fingerprint density at radius 3 is 2.48 bits per heavy atom. The number of amides is 1.